The quantitative estimate of drug-likeness (QED) is 0.891. The van der Waals surface area contributed by atoms with Gasteiger partial charge < -0.3 is 10.6 Å². The average molecular weight is 263 g/mol. The molecule has 1 unspecified atom stereocenters. The summed E-state index contributed by atoms with van der Waals surface area (Å²) in [4.78, 5) is 9.62. The first kappa shape index (κ1) is 12.0. The molecule has 18 heavy (non-hydrogen) atoms. The third-order valence-corrected chi connectivity index (χ3v) is 5.27. The Balaban J connectivity index is 1.85. The van der Waals surface area contributed by atoms with Crippen molar-refractivity contribution < 1.29 is 0 Å². The molecular formula is C14H21N3S. The van der Waals surface area contributed by atoms with E-state index in [1.807, 2.05) is 11.3 Å². The molecule has 4 heteroatoms. The molecule has 98 valence electrons. The van der Waals surface area contributed by atoms with Crippen LogP contribution in [0.4, 0.5) is 0 Å². The summed E-state index contributed by atoms with van der Waals surface area (Å²) >= 11 is 1.92. The van der Waals surface area contributed by atoms with Crippen molar-refractivity contribution in [1.82, 2.24) is 4.90 Å². The fraction of sp³-hybridized carbons (Fsp3) is 0.643. The fourth-order valence-electron chi connectivity index (χ4n) is 2.47. The van der Waals surface area contributed by atoms with E-state index >= 15 is 0 Å². The lowest BCUT2D eigenvalue weighted by Gasteiger charge is -2.25. The molecule has 1 atom stereocenters. The van der Waals surface area contributed by atoms with E-state index in [9.17, 15) is 0 Å². The van der Waals surface area contributed by atoms with Crippen molar-refractivity contribution in [3.05, 3.63) is 21.9 Å². The van der Waals surface area contributed by atoms with Gasteiger partial charge in [-0.2, -0.15) is 0 Å². The van der Waals surface area contributed by atoms with Crippen LogP contribution in [-0.4, -0.2) is 23.4 Å². The Bertz CT molecular complexity index is 479. The van der Waals surface area contributed by atoms with Crippen molar-refractivity contribution in [2.75, 3.05) is 6.54 Å². The number of rotatable bonds is 2. The summed E-state index contributed by atoms with van der Waals surface area (Å²) < 4.78 is 0. The van der Waals surface area contributed by atoms with E-state index in [0.717, 1.165) is 12.5 Å². The van der Waals surface area contributed by atoms with E-state index in [-0.39, 0.29) is 5.41 Å². The summed E-state index contributed by atoms with van der Waals surface area (Å²) in [6, 6.07) is 5.55. The number of hydrogen-bond acceptors (Lipinski definition) is 4. The van der Waals surface area contributed by atoms with E-state index in [4.69, 9.17) is 5.73 Å². The molecule has 2 N–H and O–H groups in total. The number of nitrogens with zero attached hydrogens (tertiary/aromatic N) is 2. The predicted molar refractivity (Wildman–Crippen MR) is 77.1 cm³/mol. The minimum atomic E-state index is 0.234. The normalized spacial score (nSPS) is 24.5. The zero-order chi connectivity index (χ0) is 12.9. The molecule has 0 radical (unpaired) electrons. The van der Waals surface area contributed by atoms with Gasteiger partial charge in [0.25, 0.3) is 0 Å². The molecule has 0 amide bonds. The molecule has 0 spiro atoms. The van der Waals surface area contributed by atoms with Crippen LogP contribution in [0.1, 0.15) is 49.4 Å². The highest BCUT2D eigenvalue weighted by atomic mass is 32.1. The molecule has 1 aliphatic heterocycles. The van der Waals surface area contributed by atoms with Crippen LogP contribution < -0.4 is 5.73 Å². The molecule has 1 aliphatic carbocycles. The number of aliphatic imine (C=N–C) groups is 1. The van der Waals surface area contributed by atoms with Crippen LogP contribution in [0.2, 0.25) is 0 Å². The third-order valence-electron chi connectivity index (χ3n) is 3.66. The Labute approximate surface area is 113 Å². The van der Waals surface area contributed by atoms with E-state index in [0.29, 0.717) is 12.1 Å². The summed E-state index contributed by atoms with van der Waals surface area (Å²) in [5.41, 5.74) is 6.26. The fourth-order valence-corrected chi connectivity index (χ4v) is 3.62. The molecule has 0 bridgehead atoms. The van der Waals surface area contributed by atoms with Gasteiger partial charge in [-0.1, -0.05) is 20.8 Å². The first-order valence-electron chi connectivity index (χ1n) is 6.65. The molecule has 0 saturated heterocycles. The van der Waals surface area contributed by atoms with E-state index in [2.05, 4.69) is 42.8 Å². The second-order valence-electron chi connectivity index (χ2n) is 6.31. The van der Waals surface area contributed by atoms with Crippen LogP contribution in [0, 0.1) is 0 Å². The first-order valence-corrected chi connectivity index (χ1v) is 7.47. The maximum Gasteiger partial charge on any atom is 0.192 e. The van der Waals surface area contributed by atoms with Crippen LogP contribution in [0.15, 0.2) is 17.1 Å². The van der Waals surface area contributed by atoms with Gasteiger partial charge in [-0.05, 0) is 30.4 Å². The molecule has 1 aromatic heterocycles. The smallest absolute Gasteiger partial charge is 0.192 e. The van der Waals surface area contributed by atoms with Crippen LogP contribution in [0.5, 0.6) is 0 Å². The van der Waals surface area contributed by atoms with Gasteiger partial charge in [-0.15, -0.1) is 11.3 Å². The highest BCUT2D eigenvalue weighted by Gasteiger charge is 2.39. The van der Waals surface area contributed by atoms with E-state index < -0.39 is 0 Å². The molecule has 3 rings (SSSR count). The second kappa shape index (κ2) is 3.98. The van der Waals surface area contributed by atoms with Crippen molar-refractivity contribution in [1.29, 1.82) is 0 Å². The second-order valence-corrected chi connectivity index (χ2v) is 7.42. The third kappa shape index (κ3) is 2.03. The first-order chi connectivity index (χ1) is 8.47. The van der Waals surface area contributed by atoms with Crippen LogP contribution in [0.25, 0.3) is 0 Å². The largest absolute Gasteiger partial charge is 0.370 e. The summed E-state index contributed by atoms with van der Waals surface area (Å²) in [5, 5.41) is 0. The summed E-state index contributed by atoms with van der Waals surface area (Å²) in [5.74, 6) is 0.744. The van der Waals surface area contributed by atoms with E-state index in [1.54, 1.807) is 0 Å². The van der Waals surface area contributed by atoms with Gasteiger partial charge in [0, 0.05) is 15.8 Å². The zero-order valence-corrected chi connectivity index (χ0v) is 12.1. The maximum atomic E-state index is 6.02. The lowest BCUT2D eigenvalue weighted by molar-refractivity contribution is 0.342. The van der Waals surface area contributed by atoms with Gasteiger partial charge >= 0.3 is 0 Å². The number of nitrogens with two attached hydrogens (primary N) is 1. The Morgan fingerprint density at radius 3 is 2.61 bits per heavy atom. The van der Waals surface area contributed by atoms with Crippen molar-refractivity contribution in [3.63, 3.8) is 0 Å². The molecule has 1 saturated carbocycles. The van der Waals surface area contributed by atoms with Gasteiger partial charge in [0.2, 0.25) is 0 Å². The van der Waals surface area contributed by atoms with Gasteiger partial charge in [0.1, 0.15) is 0 Å². The van der Waals surface area contributed by atoms with Crippen molar-refractivity contribution in [3.8, 4) is 0 Å². The minimum Gasteiger partial charge on any atom is -0.370 e. The maximum absolute atomic E-state index is 6.02. The topological polar surface area (TPSA) is 41.6 Å². The molecule has 2 aliphatic rings. The highest BCUT2D eigenvalue weighted by molar-refractivity contribution is 7.12. The van der Waals surface area contributed by atoms with Gasteiger partial charge in [-0.25, -0.2) is 0 Å². The van der Waals surface area contributed by atoms with Gasteiger partial charge in [-0.3, -0.25) is 4.99 Å². The Morgan fingerprint density at radius 1 is 1.33 bits per heavy atom. The van der Waals surface area contributed by atoms with Gasteiger partial charge in [0.15, 0.2) is 5.96 Å². The van der Waals surface area contributed by atoms with Crippen LogP contribution in [-0.2, 0) is 5.41 Å². The standard InChI is InChI=1S/C14H21N3S/c1-14(2,3)12-7-6-11(18-12)10-8-16-13(15)17(10)9-4-5-9/h6-7,9-10H,4-5,8H2,1-3H3,(H2,15,16). The highest BCUT2D eigenvalue weighted by Crippen LogP contribution is 2.40. The minimum absolute atomic E-state index is 0.234. The number of guanidine groups is 1. The number of thiophene rings is 1. The van der Waals surface area contributed by atoms with Crippen molar-refractivity contribution in [2.24, 2.45) is 10.7 Å². The zero-order valence-electron chi connectivity index (χ0n) is 11.3. The molecule has 3 nitrogen and oxygen atoms in total. The Hall–Kier alpha value is -1.03. The van der Waals surface area contributed by atoms with E-state index in [1.165, 1.54) is 22.6 Å². The SMILES string of the molecule is CC(C)(C)c1ccc(C2CN=C(N)N2C2CC2)s1. The number of hydrogen-bond donors (Lipinski definition) is 1. The van der Waals surface area contributed by atoms with Gasteiger partial charge in [0.05, 0.1) is 12.6 Å². The molecular weight excluding hydrogens is 242 g/mol. The summed E-state index contributed by atoms with van der Waals surface area (Å²) in [6.45, 7) is 7.62. The Kier molecular flexibility index (Phi) is 2.66. The molecule has 2 heterocycles. The summed E-state index contributed by atoms with van der Waals surface area (Å²) in [7, 11) is 0. The summed E-state index contributed by atoms with van der Waals surface area (Å²) in [6.07, 6.45) is 2.54. The molecule has 0 aromatic carbocycles. The average Bonchev–Trinajstić information content (AvgIpc) is 2.86. The Morgan fingerprint density at radius 2 is 2.06 bits per heavy atom. The van der Waals surface area contributed by atoms with Crippen LogP contribution in [0.3, 0.4) is 0 Å². The lowest BCUT2D eigenvalue weighted by atomic mass is 9.95. The van der Waals surface area contributed by atoms with Crippen molar-refractivity contribution in [2.45, 2.75) is 51.1 Å². The molecule has 1 fully saturated rings. The van der Waals surface area contributed by atoms with Crippen LogP contribution >= 0.6 is 11.3 Å². The predicted octanol–water partition coefficient (Wildman–Crippen LogP) is 2.88. The monoisotopic (exact) mass is 263 g/mol. The lowest BCUT2D eigenvalue weighted by Crippen LogP contribution is -2.37. The molecule has 1 aromatic rings. The van der Waals surface area contributed by atoms with Crippen molar-refractivity contribution >= 4 is 17.3 Å².